The number of hydrogen-bond donors (Lipinski definition) is 1. The molecule has 2 aromatic carbocycles. The van der Waals surface area contributed by atoms with E-state index in [9.17, 15) is 0 Å². The summed E-state index contributed by atoms with van der Waals surface area (Å²) in [5.74, 6) is 1.37. The number of nitrogens with zero attached hydrogens (tertiary/aromatic N) is 1. The molecule has 0 saturated carbocycles. The molecule has 98 valence electrons. The first-order valence-electron chi connectivity index (χ1n) is 5.85. The molecule has 4 heteroatoms. The predicted octanol–water partition coefficient (Wildman–Crippen LogP) is 3.04. The van der Waals surface area contributed by atoms with Crippen molar-refractivity contribution >= 4 is 17.6 Å². The molecular weight excluding hydrogens is 240 g/mol. The molecule has 0 spiro atoms. The number of methoxy groups -OCH3 is 2. The average molecular weight is 256 g/mol. The molecule has 0 aromatic heterocycles. The first-order valence-corrected chi connectivity index (χ1v) is 5.85. The van der Waals surface area contributed by atoms with E-state index in [0.29, 0.717) is 17.2 Å². The summed E-state index contributed by atoms with van der Waals surface area (Å²) in [6.45, 7) is 0. The monoisotopic (exact) mass is 256 g/mol. The summed E-state index contributed by atoms with van der Waals surface area (Å²) in [6, 6.07) is 13.1. The van der Waals surface area contributed by atoms with Gasteiger partial charge in [0, 0.05) is 6.21 Å². The fourth-order valence-corrected chi connectivity index (χ4v) is 1.68. The van der Waals surface area contributed by atoms with Gasteiger partial charge in [-0.3, -0.25) is 4.99 Å². The van der Waals surface area contributed by atoms with E-state index in [1.54, 1.807) is 20.4 Å². The number of anilines is 1. The van der Waals surface area contributed by atoms with Gasteiger partial charge in [0.1, 0.15) is 0 Å². The number of nitrogen functional groups attached to an aromatic ring is 1. The van der Waals surface area contributed by atoms with Crippen LogP contribution in [0.2, 0.25) is 0 Å². The second-order valence-electron chi connectivity index (χ2n) is 3.93. The van der Waals surface area contributed by atoms with Gasteiger partial charge in [-0.1, -0.05) is 12.1 Å². The molecule has 0 radical (unpaired) electrons. The van der Waals surface area contributed by atoms with Crippen LogP contribution in [-0.4, -0.2) is 20.4 Å². The Morgan fingerprint density at radius 3 is 2.42 bits per heavy atom. The van der Waals surface area contributed by atoms with E-state index in [0.717, 1.165) is 11.3 Å². The quantitative estimate of drug-likeness (QED) is 0.675. The maximum absolute atomic E-state index is 5.83. The molecule has 0 aliphatic rings. The Balaban J connectivity index is 2.26. The number of nitrogens with two attached hydrogens (primary N) is 1. The van der Waals surface area contributed by atoms with Gasteiger partial charge in [-0.2, -0.15) is 0 Å². The molecule has 2 aromatic rings. The highest BCUT2D eigenvalue weighted by atomic mass is 16.5. The maximum atomic E-state index is 5.83. The number of benzene rings is 2. The van der Waals surface area contributed by atoms with Gasteiger partial charge in [-0.25, -0.2) is 0 Å². The number of aliphatic imine (C=N–C) groups is 1. The van der Waals surface area contributed by atoms with Crippen LogP contribution in [0.25, 0.3) is 0 Å². The molecule has 0 amide bonds. The molecular formula is C15H16N2O2. The topological polar surface area (TPSA) is 56.8 Å². The van der Waals surface area contributed by atoms with Crippen molar-refractivity contribution in [2.24, 2.45) is 4.99 Å². The third kappa shape index (κ3) is 3.04. The van der Waals surface area contributed by atoms with Gasteiger partial charge < -0.3 is 15.2 Å². The fraction of sp³-hybridized carbons (Fsp3) is 0.133. The van der Waals surface area contributed by atoms with Crippen LogP contribution in [0.4, 0.5) is 11.4 Å². The molecule has 0 saturated heterocycles. The molecule has 0 unspecified atom stereocenters. The van der Waals surface area contributed by atoms with E-state index in [-0.39, 0.29) is 0 Å². The average Bonchev–Trinajstić information content (AvgIpc) is 2.46. The standard InChI is InChI=1S/C15H16N2O2/c1-18-14-8-7-11(9-15(14)19-2)10-17-13-6-4-3-5-12(13)16/h3-10H,16H2,1-2H3. The molecule has 2 rings (SSSR count). The minimum absolute atomic E-state index is 0.652. The smallest absolute Gasteiger partial charge is 0.161 e. The summed E-state index contributed by atoms with van der Waals surface area (Å²) in [6.07, 6.45) is 1.74. The van der Waals surface area contributed by atoms with Gasteiger partial charge in [0.15, 0.2) is 11.5 Å². The van der Waals surface area contributed by atoms with E-state index in [1.807, 2.05) is 42.5 Å². The fourth-order valence-electron chi connectivity index (χ4n) is 1.68. The molecule has 0 atom stereocenters. The first-order chi connectivity index (χ1) is 9.24. The number of para-hydroxylation sites is 2. The molecule has 2 N–H and O–H groups in total. The van der Waals surface area contributed by atoms with E-state index in [4.69, 9.17) is 15.2 Å². The van der Waals surface area contributed by atoms with Crippen LogP contribution in [0.3, 0.4) is 0 Å². The minimum atomic E-state index is 0.652. The Morgan fingerprint density at radius 1 is 1.00 bits per heavy atom. The van der Waals surface area contributed by atoms with Gasteiger partial charge in [-0.15, -0.1) is 0 Å². The van der Waals surface area contributed by atoms with Gasteiger partial charge >= 0.3 is 0 Å². The Morgan fingerprint density at radius 2 is 1.74 bits per heavy atom. The zero-order valence-electron chi connectivity index (χ0n) is 11.0. The van der Waals surface area contributed by atoms with Gasteiger partial charge in [0.25, 0.3) is 0 Å². The summed E-state index contributed by atoms with van der Waals surface area (Å²) in [4.78, 5) is 4.36. The molecule has 0 fully saturated rings. The van der Waals surface area contributed by atoms with E-state index < -0.39 is 0 Å². The van der Waals surface area contributed by atoms with E-state index in [1.165, 1.54) is 0 Å². The van der Waals surface area contributed by atoms with Crippen LogP contribution in [0, 0.1) is 0 Å². The van der Waals surface area contributed by atoms with Gasteiger partial charge in [0.05, 0.1) is 25.6 Å². The van der Waals surface area contributed by atoms with Crippen LogP contribution in [0.15, 0.2) is 47.5 Å². The molecule has 0 bridgehead atoms. The largest absolute Gasteiger partial charge is 0.493 e. The van der Waals surface area contributed by atoms with E-state index in [2.05, 4.69) is 4.99 Å². The van der Waals surface area contributed by atoms with Crippen molar-refractivity contribution in [2.45, 2.75) is 0 Å². The zero-order valence-corrected chi connectivity index (χ0v) is 11.0. The summed E-state index contributed by atoms with van der Waals surface area (Å²) in [5.41, 5.74) is 8.15. The second-order valence-corrected chi connectivity index (χ2v) is 3.93. The minimum Gasteiger partial charge on any atom is -0.493 e. The van der Waals surface area contributed by atoms with Crippen molar-refractivity contribution in [3.05, 3.63) is 48.0 Å². The molecule has 0 heterocycles. The van der Waals surface area contributed by atoms with Crippen molar-refractivity contribution in [1.29, 1.82) is 0 Å². The first kappa shape index (κ1) is 13.0. The second kappa shape index (κ2) is 5.91. The summed E-state index contributed by atoms with van der Waals surface area (Å²) in [5, 5.41) is 0. The highest BCUT2D eigenvalue weighted by Crippen LogP contribution is 2.27. The molecule has 0 aliphatic carbocycles. The van der Waals surface area contributed by atoms with Crippen LogP contribution >= 0.6 is 0 Å². The maximum Gasteiger partial charge on any atom is 0.161 e. The molecule has 19 heavy (non-hydrogen) atoms. The molecule has 4 nitrogen and oxygen atoms in total. The normalized spacial score (nSPS) is 10.6. The van der Waals surface area contributed by atoms with Crippen LogP contribution in [0.5, 0.6) is 11.5 Å². The lowest BCUT2D eigenvalue weighted by molar-refractivity contribution is 0.355. The third-order valence-electron chi connectivity index (χ3n) is 2.70. The van der Waals surface area contributed by atoms with Crippen molar-refractivity contribution in [3.63, 3.8) is 0 Å². The predicted molar refractivity (Wildman–Crippen MR) is 77.7 cm³/mol. The highest BCUT2D eigenvalue weighted by Gasteiger charge is 2.03. The van der Waals surface area contributed by atoms with Crippen LogP contribution in [-0.2, 0) is 0 Å². The Bertz CT molecular complexity index is 594. The van der Waals surface area contributed by atoms with Crippen molar-refractivity contribution in [3.8, 4) is 11.5 Å². The van der Waals surface area contributed by atoms with Crippen LogP contribution in [0.1, 0.15) is 5.56 Å². The number of ether oxygens (including phenoxy) is 2. The lowest BCUT2D eigenvalue weighted by atomic mass is 10.2. The SMILES string of the molecule is COc1ccc(C=Nc2ccccc2N)cc1OC. The van der Waals surface area contributed by atoms with Crippen molar-refractivity contribution < 1.29 is 9.47 Å². The lowest BCUT2D eigenvalue weighted by Gasteiger charge is -2.07. The Kier molecular flexibility index (Phi) is 4.03. The number of hydrogen-bond acceptors (Lipinski definition) is 4. The van der Waals surface area contributed by atoms with Gasteiger partial charge in [-0.05, 0) is 35.9 Å². The van der Waals surface area contributed by atoms with E-state index >= 15 is 0 Å². The summed E-state index contributed by atoms with van der Waals surface area (Å²) < 4.78 is 10.4. The number of rotatable bonds is 4. The lowest BCUT2D eigenvalue weighted by Crippen LogP contribution is -1.92. The Hall–Kier alpha value is -2.49. The van der Waals surface area contributed by atoms with Crippen LogP contribution < -0.4 is 15.2 Å². The Labute approximate surface area is 112 Å². The summed E-state index contributed by atoms with van der Waals surface area (Å²) >= 11 is 0. The third-order valence-corrected chi connectivity index (χ3v) is 2.70. The van der Waals surface area contributed by atoms with Crippen molar-refractivity contribution in [2.75, 3.05) is 20.0 Å². The zero-order chi connectivity index (χ0) is 13.7. The van der Waals surface area contributed by atoms with Crippen molar-refractivity contribution in [1.82, 2.24) is 0 Å². The van der Waals surface area contributed by atoms with Gasteiger partial charge in [0.2, 0.25) is 0 Å². The highest BCUT2D eigenvalue weighted by molar-refractivity contribution is 5.84. The molecule has 0 aliphatic heterocycles. The summed E-state index contributed by atoms with van der Waals surface area (Å²) in [7, 11) is 3.21.